The number of halogens is 1. The van der Waals surface area contributed by atoms with E-state index in [2.05, 4.69) is 5.32 Å². The number of benzene rings is 1. The second kappa shape index (κ2) is 10.0. The lowest BCUT2D eigenvalue weighted by molar-refractivity contribution is -0.134. The van der Waals surface area contributed by atoms with Gasteiger partial charge in [-0.3, -0.25) is 9.59 Å². The Balaban J connectivity index is 1.68. The second-order valence-corrected chi connectivity index (χ2v) is 6.34. The molecule has 0 atom stereocenters. The fraction of sp³-hybridized carbons (Fsp3) is 0.500. The summed E-state index contributed by atoms with van der Waals surface area (Å²) in [6.45, 7) is 3.79. The Morgan fingerprint density at radius 1 is 1.12 bits per heavy atom. The molecule has 0 saturated carbocycles. The van der Waals surface area contributed by atoms with Crippen molar-refractivity contribution in [2.24, 2.45) is 0 Å². The van der Waals surface area contributed by atoms with Crippen molar-refractivity contribution < 1.29 is 19.1 Å². The number of nitrogens with zero attached hydrogens (tertiary/aromatic N) is 2. The molecule has 2 rings (SSSR count). The standard InChI is InChI=1S/C18H24ClN3O4/c1-2-26-18(25)22-11-9-21(10-12-22)17(24)13-20-16(23)8-7-14-5-3-4-6-15(14)19/h3-6H,2,7-13H2,1H3,(H,20,23). The van der Waals surface area contributed by atoms with Crippen LogP contribution in [-0.2, 0) is 20.7 Å². The quantitative estimate of drug-likeness (QED) is 0.813. The van der Waals surface area contributed by atoms with Crippen LogP contribution >= 0.6 is 11.6 Å². The Labute approximate surface area is 158 Å². The molecular formula is C18H24ClN3O4. The number of carbonyl (C=O) groups excluding carboxylic acids is 3. The van der Waals surface area contributed by atoms with Crippen LogP contribution in [0.1, 0.15) is 18.9 Å². The van der Waals surface area contributed by atoms with Gasteiger partial charge >= 0.3 is 6.09 Å². The lowest BCUT2D eigenvalue weighted by Gasteiger charge is -2.34. The predicted molar refractivity (Wildman–Crippen MR) is 98.0 cm³/mol. The van der Waals surface area contributed by atoms with E-state index in [1.165, 1.54) is 0 Å². The third-order valence-electron chi connectivity index (χ3n) is 4.17. The van der Waals surface area contributed by atoms with Crippen molar-refractivity contribution in [1.29, 1.82) is 0 Å². The molecule has 1 aromatic carbocycles. The van der Waals surface area contributed by atoms with E-state index in [4.69, 9.17) is 16.3 Å². The van der Waals surface area contributed by atoms with Crippen LogP contribution < -0.4 is 5.32 Å². The molecule has 1 aromatic rings. The lowest BCUT2D eigenvalue weighted by atomic mass is 10.1. The number of hydrogen-bond donors (Lipinski definition) is 1. The fourth-order valence-electron chi connectivity index (χ4n) is 2.68. The summed E-state index contributed by atoms with van der Waals surface area (Å²) in [6, 6.07) is 7.38. The highest BCUT2D eigenvalue weighted by atomic mass is 35.5. The average molecular weight is 382 g/mol. The zero-order valence-electron chi connectivity index (χ0n) is 14.9. The zero-order chi connectivity index (χ0) is 18.9. The van der Waals surface area contributed by atoms with Crippen LogP contribution in [-0.4, -0.2) is 67.0 Å². The smallest absolute Gasteiger partial charge is 0.409 e. The highest BCUT2D eigenvalue weighted by molar-refractivity contribution is 6.31. The number of hydrogen-bond acceptors (Lipinski definition) is 4. The van der Waals surface area contributed by atoms with E-state index in [1.54, 1.807) is 22.8 Å². The van der Waals surface area contributed by atoms with Gasteiger partial charge in [0.2, 0.25) is 11.8 Å². The van der Waals surface area contributed by atoms with Crippen LogP contribution in [0.25, 0.3) is 0 Å². The van der Waals surface area contributed by atoms with Crippen molar-refractivity contribution in [3.05, 3.63) is 34.9 Å². The maximum atomic E-state index is 12.2. The number of nitrogens with one attached hydrogen (secondary N) is 1. The molecule has 1 aliphatic rings. The summed E-state index contributed by atoms with van der Waals surface area (Å²) in [7, 11) is 0. The number of aryl methyl sites for hydroxylation is 1. The van der Waals surface area contributed by atoms with Gasteiger partial charge in [0.05, 0.1) is 13.2 Å². The van der Waals surface area contributed by atoms with Gasteiger partial charge in [0.1, 0.15) is 0 Å². The van der Waals surface area contributed by atoms with Crippen molar-refractivity contribution in [1.82, 2.24) is 15.1 Å². The van der Waals surface area contributed by atoms with E-state index in [9.17, 15) is 14.4 Å². The van der Waals surface area contributed by atoms with Crippen molar-refractivity contribution in [3.8, 4) is 0 Å². The molecule has 1 saturated heterocycles. The first-order valence-corrected chi connectivity index (χ1v) is 9.08. The molecule has 0 unspecified atom stereocenters. The molecule has 7 nitrogen and oxygen atoms in total. The van der Waals surface area contributed by atoms with Crippen molar-refractivity contribution in [2.75, 3.05) is 39.3 Å². The van der Waals surface area contributed by atoms with Crippen LogP contribution in [0.4, 0.5) is 4.79 Å². The lowest BCUT2D eigenvalue weighted by Crippen LogP contribution is -2.52. The van der Waals surface area contributed by atoms with E-state index >= 15 is 0 Å². The number of amides is 3. The Morgan fingerprint density at radius 2 is 1.77 bits per heavy atom. The van der Waals surface area contributed by atoms with Gasteiger partial charge in [-0.05, 0) is 25.0 Å². The molecule has 0 spiro atoms. The second-order valence-electron chi connectivity index (χ2n) is 5.93. The van der Waals surface area contributed by atoms with Gasteiger partial charge in [-0.2, -0.15) is 0 Å². The van der Waals surface area contributed by atoms with E-state index in [0.29, 0.717) is 44.2 Å². The molecule has 26 heavy (non-hydrogen) atoms. The molecule has 1 fully saturated rings. The molecule has 142 valence electrons. The highest BCUT2D eigenvalue weighted by Gasteiger charge is 2.24. The Hall–Kier alpha value is -2.28. The van der Waals surface area contributed by atoms with Crippen molar-refractivity contribution in [3.63, 3.8) is 0 Å². The largest absolute Gasteiger partial charge is 0.450 e. The summed E-state index contributed by atoms with van der Waals surface area (Å²) in [5.41, 5.74) is 0.908. The number of rotatable bonds is 6. The summed E-state index contributed by atoms with van der Waals surface area (Å²) >= 11 is 6.06. The Bertz CT molecular complexity index is 645. The molecule has 8 heteroatoms. The van der Waals surface area contributed by atoms with Crippen LogP contribution in [0, 0.1) is 0 Å². The van der Waals surface area contributed by atoms with E-state index in [-0.39, 0.29) is 30.9 Å². The number of carbonyl (C=O) groups is 3. The third-order valence-corrected chi connectivity index (χ3v) is 4.54. The van der Waals surface area contributed by atoms with Gasteiger partial charge in [-0.15, -0.1) is 0 Å². The predicted octanol–water partition coefficient (Wildman–Crippen LogP) is 1.69. The van der Waals surface area contributed by atoms with Crippen LogP contribution in [0.5, 0.6) is 0 Å². The van der Waals surface area contributed by atoms with Crippen LogP contribution in [0.2, 0.25) is 5.02 Å². The van der Waals surface area contributed by atoms with E-state index in [0.717, 1.165) is 5.56 Å². The molecule has 0 bridgehead atoms. The normalized spacial score (nSPS) is 14.1. The molecule has 1 aliphatic heterocycles. The van der Waals surface area contributed by atoms with Gasteiger partial charge in [0.25, 0.3) is 0 Å². The molecule has 3 amide bonds. The van der Waals surface area contributed by atoms with Crippen LogP contribution in [0.15, 0.2) is 24.3 Å². The SMILES string of the molecule is CCOC(=O)N1CCN(C(=O)CNC(=O)CCc2ccccc2Cl)CC1. The first-order valence-electron chi connectivity index (χ1n) is 8.70. The van der Waals surface area contributed by atoms with Crippen molar-refractivity contribution >= 4 is 29.5 Å². The van der Waals surface area contributed by atoms with Gasteiger partial charge in [0, 0.05) is 37.6 Å². The first-order chi connectivity index (χ1) is 12.5. The Kier molecular flexibility index (Phi) is 7.72. The monoisotopic (exact) mass is 381 g/mol. The minimum absolute atomic E-state index is 0.0409. The molecule has 1 heterocycles. The van der Waals surface area contributed by atoms with Crippen molar-refractivity contribution in [2.45, 2.75) is 19.8 Å². The van der Waals surface area contributed by atoms with E-state index < -0.39 is 0 Å². The maximum Gasteiger partial charge on any atom is 0.409 e. The number of piperazine rings is 1. The zero-order valence-corrected chi connectivity index (χ0v) is 15.6. The summed E-state index contributed by atoms with van der Waals surface area (Å²) in [5, 5.41) is 3.28. The highest BCUT2D eigenvalue weighted by Crippen LogP contribution is 2.16. The maximum absolute atomic E-state index is 12.2. The number of ether oxygens (including phenoxy) is 1. The van der Waals surface area contributed by atoms with E-state index in [1.807, 2.05) is 18.2 Å². The summed E-state index contributed by atoms with van der Waals surface area (Å²) in [6.07, 6.45) is 0.443. The molecule has 0 aromatic heterocycles. The summed E-state index contributed by atoms with van der Waals surface area (Å²) in [5.74, 6) is -0.344. The average Bonchev–Trinajstić information content (AvgIpc) is 2.65. The molecule has 0 radical (unpaired) electrons. The van der Waals surface area contributed by atoms with Gasteiger partial charge in [0.15, 0.2) is 0 Å². The molecular weight excluding hydrogens is 358 g/mol. The Morgan fingerprint density at radius 3 is 2.42 bits per heavy atom. The molecule has 0 aliphatic carbocycles. The summed E-state index contributed by atoms with van der Waals surface area (Å²) < 4.78 is 4.94. The van der Waals surface area contributed by atoms with Gasteiger partial charge < -0.3 is 19.9 Å². The minimum atomic E-state index is -0.354. The summed E-state index contributed by atoms with van der Waals surface area (Å²) in [4.78, 5) is 39.0. The topological polar surface area (TPSA) is 79.0 Å². The first kappa shape index (κ1) is 20.0. The van der Waals surface area contributed by atoms with Gasteiger partial charge in [-0.1, -0.05) is 29.8 Å². The molecule has 1 N–H and O–H groups in total. The van der Waals surface area contributed by atoms with Gasteiger partial charge in [-0.25, -0.2) is 4.79 Å². The minimum Gasteiger partial charge on any atom is -0.450 e. The third kappa shape index (κ3) is 5.91. The fourth-order valence-corrected chi connectivity index (χ4v) is 2.91. The van der Waals surface area contributed by atoms with Crippen LogP contribution in [0.3, 0.4) is 0 Å².